The smallest absolute Gasteiger partial charge is 0.330 e. The number of amides is 1. The molecule has 0 aromatic heterocycles. The van der Waals surface area contributed by atoms with Gasteiger partial charge in [0.2, 0.25) is 5.91 Å². The second-order valence-corrected chi connectivity index (χ2v) is 4.76. The van der Waals surface area contributed by atoms with E-state index in [1.165, 1.54) is 19.3 Å². The number of carbonyl (C=O) groups is 2. The van der Waals surface area contributed by atoms with Gasteiger partial charge in [0.25, 0.3) is 0 Å². The first-order valence-electron chi connectivity index (χ1n) is 6.51. The van der Waals surface area contributed by atoms with E-state index in [2.05, 4.69) is 10.1 Å². The molecule has 0 atom stereocenters. The van der Waals surface area contributed by atoms with Crippen LogP contribution in [-0.4, -0.2) is 30.6 Å². The molecule has 1 aromatic carbocycles. The standard InChI is InChI=1S/C15H18ClNO4/c1-21-15(20)4-2-3-9-17-14(19)8-6-11-5-7-13(18)12(16)10-11/h2,4-5,7,10,18H,3,6,8-9H2,1H3,(H,17,19)/b4-2+. The first-order valence-corrected chi connectivity index (χ1v) is 6.89. The van der Waals surface area contributed by atoms with Crippen molar-refractivity contribution in [1.82, 2.24) is 5.32 Å². The highest BCUT2D eigenvalue weighted by Crippen LogP contribution is 2.24. The Labute approximate surface area is 128 Å². The summed E-state index contributed by atoms with van der Waals surface area (Å²) in [6, 6.07) is 4.88. The minimum Gasteiger partial charge on any atom is -0.506 e. The van der Waals surface area contributed by atoms with Gasteiger partial charge in [-0.2, -0.15) is 0 Å². The van der Waals surface area contributed by atoms with Crippen LogP contribution in [0, 0.1) is 0 Å². The number of hydrogen-bond acceptors (Lipinski definition) is 4. The highest BCUT2D eigenvalue weighted by molar-refractivity contribution is 6.32. The number of hydrogen-bond donors (Lipinski definition) is 2. The third kappa shape index (κ3) is 6.81. The van der Waals surface area contributed by atoms with Gasteiger partial charge in [-0.3, -0.25) is 4.79 Å². The van der Waals surface area contributed by atoms with Crippen molar-refractivity contribution >= 4 is 23.5 Å². The molecule has 0 heterocycles. The van der Waals surface area contributed by atoms with Gasteiger partial charge in [-0.15, -0.1) is 0 Å². The number of phenolic OH excluding ortho intramolecular Hbond substituents is 1. The second kappa shape index (κ2) is 9.02. The van der Waals surface area contributed by atoms with Crippen LogP contribution in [0.5, 0.6) is 5.75 Å². The number of carbonyl (C=O) groups excluding carboxylic acids is 2. The maximum atomic E-state index is 11.6. The minimum atomic E-state index is -0.412. The van der Waals surface area contributed by atoms with Crippen LogP contribution in [0.1, 0.15) is 18.4 Å². The molecule has 0 bridgehead atoms. The summed E-state index contributed by atoms with van der Waals surface area (Å²) in [7, 11) is 1.31. The van der Waals surface area contributed by atoms with E-state index in [-0.39, 0.29) is 16.7 Å². The minimum absolute atomic E-state index is 0.0299. The van der Waals surface area contributed by atoms with E-state index in [4.69, 9.17) is 11.6 Å². The van der Waals surface area contributed by atoms with Crippen molar-refractivity contribution in [3.05, 3.63) is 40.9 Å². The first kappa shape index (κ1) is 17.0. The summed E-state index contributed by atoms with van der Waals surface area (Å²) in [6.07, 6.45) is 4.41. The van der Waals surface area contributed by atoms with E-state index in [9.17, 15) is 14.7 Å². The Kier molecular flexibility index (Phi) is 7.32. The van der Waals surface area contributed by atoms with E-state index in [0.717, 1.165) is 5.56 Å². The van der Waals surface area contributed by atoms with Crippen molar-refractivity contribution in [3.8, 4) is 5.75 Å². The Hall–Kier alpha value is -2.01. The zero-order chi connectivity index (χ0) is 15.7. The monoisotopic (exact) mass is 311 g/mol. The van der Waals surface area contributed by atoms with Crippen molar-refractivity contribution in [1.29, 1.82) is 0 Å². The van der Waals surface area contributed by atoms with Crippen LogP contribution >= 0.6 is 11.6 Å². The molecule has 0 saturated heterocycles. The molecule has 0 aliphatic carbocycles. The summed E-state index contributed by atoms with van der Waals surface area (Å²) < 4.78 is 4.44. The van der Waals surface area contributed by atoms with Gasteiger partial charge in [-0.05, 0) is 30.5 Å². The number of aromatic hydroxyl groups is 1. The van der Waals surface area contributed by atoms with Gasteiger partial charge in [-0.1, -0.05) is 23.7 Å². The van der Waals surface area contributed by atoms with E-state index in [0.29, 0.717) is 25.8 Å². The summed E-state index contributed by atoms with van der Waals surface area (Å²) in [5, 5.41) is 12.3. The quantitative estimate of drug-likeness (QED) is 0.460. The molecule has 0 aliphatic heterocycles. The number of ether oxygens (including phenoxy) is 1. The molecule has 1 amide bonds. The Morgan fingerprint density at radius 2 is 2.19 bits per heavy atom. The Bertz CT molecular complexity index is 528. The molecule has 0 aliphatic rings. The lowest BCUT2D eigenvalue weighted by Gasteiger charge is -2.05. The lowest BCUT2D eigenvalue weighted by Crippen LogP contribution is -2.24. The van der Waals surface area contributed by atoms with Crippen molar-refractivity contribution in [3.63, 3.8) is 0 Å². The molecule has 5 nitrogen and oxygen atoms in total. The third-order valence-corrected chi connectivity index (χ3v) is 3.04. The predicted molar refractivity (Wildman–Crippen MR) is 80.2 cm³/mol. The summed E-state index contributed by atoms with van der Waals surface area (Å²) in [4.78, 5) is 22.4. The van der Waals surface area contributed by atoms with Crippen LogP contribution < -0.4 is 5.32 Å². The van der Waals surface area contributed by atoms with Gasteiger partial charge in [-0.25, -0.2) is 4.79 Å². The number of methoxy groups -OCH3 is 1. The van der Waals surface area contributed by atoms with Crippen molar-refractivity contribution in [2.45, 2.75) is 19.3 Å². The summed E-state index contributed by atoms with van der Waals surface area (Å²) in [6.45, 7) is 0.461. The number of benzene rings is 1. The lowest BCUT2D eigenvalue weighted by molar-refractivity contribution is -0.134. The van der Waals surface area contributed by atoms with E-state index < -0.39 is 5.97 Å². The summed E-state index contributed by atoms with van der Waals surface area (Å²) >= 11 is 5.79. The Morgan fingerprint density at radius 3 is 2.86 bits per heavy atom. The fourth-order valence-corrected chi connectivity index (χ4v) is 1.80. The van der Waals surface area contributed by atoms with E-state index in [1.54, 1.807) is 18.2 Å². The number of rotatable bonds is 7. The number of halogens is 1. The Balaban J connectivity index is 2.23. The van der Waals surface area contributed by atoms with Gasteiger partial charge < -0.3 is 15.2 Å². The fraction of sp³-hybridized carbons (Fsp3) is 0.333. The highest BCUT2D eigenvalue weighted by atomic mass is 35.5. The van der Waals surface area contributed by atoms with Gasteiger partial charge >= 0.3 is 5.97 Å². The van der Waals surface area contributed by atoms with Crippen molar-refractivity contribution in [2.75, 3.05) is 13.7 Å². The summed E-state index contributed by atoms with van der Waals surface area (Å²) in [5.41, 5.74) is 0.888. The third-order valence-electron chi connectivity index (χ3n) is 2.74. The SMILES string of the molecule is COC(=O)/C=C/CCNC(=O)CCc1ccc(O)c(Cl)c1. The highest BCUT2D eigenvalue weighted by Gasteiger charge is 2.04. The number of nitrogens with one attached hydrogen (secondary N) is 1. The van der Waals surface area contributed by atoms with Crippen molar-refractivity contribution in [2.24, 2.45) is 0 Å². The molecule has 6 heteroatoms. The van der Waals surface area contributed by atoms with E-state index in [1.807, 2.05) is 0 Å². The van der Waals surface area contributed by atoms with Crippen molar-refractivity contribution < 1.29 is 19.4 Å². The molecule has 1 rings (SSSR count). The number of aryl methyl sites for hydroxylation is 1. The zero-order valence-corrected chi connectivity index (χ0v) is 12.5. The molecular weight excluding hydrogens is 294 g/mol. The molecule has 0 fully saturated rings. The second-order valence-electron chi connectivity index (χ2n) is 4.35. The number of esters is 1. The normalized spacial score (nSPS) is 10.6. The molecule has 21 heavy (non-hydrogen) atoms. The van der Waals surface area contributed by atoms with Gasteiger partial charge in [0.15, 0.2) is 0 Å². The number of phenols is 1. The van der Waals surface area contributed by atoms with Gasteiger partial charge in [0, 0.05) is 19.0 Å². The largest absolute Gasteiger partial charge is 0.506 e. The topological polar surface area (TPSA) is 75.6 Å². The fourth-order valence-electron chi connectivity index (χ4n) is 1.59. The molecular formula is C15H18ClNO4. The zero-order valence-electron chi connectivity index (χ0n) is 11.8. The van der Waals surface area contributed by atoms with Crippen LogP contribution in [-0.2, 0) is 20.7 Å². The molecule has 0 saturated carbocycles. The van der Waals surface area contributed by atoms with Gasteiger partial charge in [0.1, 0.15) is 5.75 Å². The molecule has 0 unspecified atom stereocenters. The maximum absolute atomic E-state index is 11.6. The average Bonchev–Trinajstić information content (AvgIpc) is 2.47. The van der Waals surface area contributed by atoms with Gasteiger partial charge in [0.05, 0.1) is 12.1 Å². The molecule has 1 aromatic rings. The maximum Gasteiger partial charge on any atom is 0.330 e. The van der Waals surface area contributed by atoms with Crippen LogP contribution in [0.15, 0.2) is 30.4 Å². The molecule has 0 radical (unpaired) electrons. The van der Waals surface area contributed by atoms with E-state index >= 15 is 0 Å². The predicted octanol–water partition coefficient (Wildman–Crippen LogP) is 2.21. The summed E-state index contributed by atoms with van der Waals surface area (Å²) in [5.74, 6) is -0.460. The molecule has 114 valence electrons. The first-order chi connectivity index (χ1) is 10.0. The van der Waals surface area contributed by atoms with Crippen LogP contribution in [0.3, 0.4) is 0 Å². The molecule has 2 N–H and O–H groups in total. The van der Waals surface area contributed by atoms with Crippen LogP contribution in [0.4, 0.5) is 0 Å². The molecule has 0 spiro atoms. The average molecular weight is 312 g/mol. The lowest BCUT2D eigenvalue weighted by atomic mass is 10.1. The van der Waals surface area contributed by atoms with Crippen LogP contribution in [0.25, 0.3) is 0 Å². The van der Waals surface area contributed by atoms with Crippen LogP contribution in [0.2, 0.25) is 5.02 Å². The Morgan fingerprint density at radius 1 is 1.43 bits per heavy atom.